The highest BCUT2D eigenvalue weighted by molar-refractivity contribution is 7.45. The molecule has 0 rings (SSSR count). The molecule has 0 saturated carbocycles. The van der Waals surface area contributed by atoms with E-state index in [2.05, 4.69) is 55.6 Å². The molecule has 0 aliphatic heterocycles. The molecule has 1 amide bonds. The van der Waals surface area contributed by atoms with Crippen molar-refractivity contribution in [1.29, 1.82) is 0 Å². The number of aliphatic hydroxyl groups is 1. The monoisotopic (exact) mass is 1060 g/mol. The Balaban J connectivity index is 4.20. The predicted molar refractivity (Wildman–Crippen MR) is 321 cm³/mol. The number of aliphatic hydroxyl groups excluding tert-OH is 1. The zero-order valence-electron chi connectivity index (χ0n) is 49.8. The van der Waals surface area contributed by atoms with Crippen LogP contribution >= 0.6 is 7.82 Å². The third kappa shape index (κ3) is 58.1. The second kappa shape index (κ2) is 56.2. The van der Waals surface area contributed by atoms with Crippen LogP contribution in [0.25, 0.3) is 0 Å². The Labute approximate surface area is 460 Å². The second-order valence-corrected chi connectivity index (χ2v) is 24.5. The summed E-state index contributed by atoms with van der Waals surface area (Å²) in [6, 6.07) is -0.911. The maximum atomic E-state index is 13.0. The van der Waals surface area contributed by atoms with Crippen molar-refractivity contribution in [1.82, 2.24) is 5.32 Å². The molecule has 0 bridgehead atoms. The van der Waals surface area contributed by atoms with Crippen LogP contribution in [0.15, 0.2) is 48.6 Å². The van der Waals surface area contributed by atoms with Gasteiger partial charge in [0.15, 0.2) is 0 Å². The third-order valence-electron chi connectivity index (χ3n) is 14.5. The normalized spacial score (nSPS) is 14.1. The topological polar surface area (TPSA) is 108 Å². The number of carbonyl (C=O) groups excluding carboxylic acids is 1. The lowest BCUT2D eigenvalue weighted by atomic mass is 10.0. The molecule has 2 N–H and O–H groups in total. The number of amides is 1. The molecular formula is C65H125N2O6P. The van der Waals surface area contributed by atoms with Gasteiger partial charge in [0.05, 0.1) is 39.9 Å². The zero-order valence-corrected chi connectivity index (χ0v) is 50.7. The number of nitrogens with zero attached hydrogens (tertiary/aromatic N) is 1. The molecule has 3 unspecified atom stereocenters. The summed E-state index contributed by atoms with van der Waals surface area (Å²) in [4.78, 5) is 25.6. The first-order valence-electron chi connectivity index (χ1n) is 32.0. The van der Waals surface area contributed by atoms with E-state index in [1.165, 1.54) is 244 Å². The maximum Gasteiger partial charge on any atom is 0.268 e. The van der Waals surface area contributed by atoms with Crippen LogP contribution in [0.4, 0.5) is 0 Å². The molecule has 0 fully saturated rings. The summed E-state index contributed by atoms with van der Waals surface area (Å²) in [5.41, 5.74) is 0. The Morgan fingerprint density at radius 2 is 0.757 bits per heavy atom. The number of rotatable bonds is 59. The molecule has 0 saturated heterocycles. The standard InChI is InChI=1S/C65H125N2O6P/c1-6-8-10-12-14-16-18-20-22-24-26-28-30-32-33-35-36-38-40-42-44-46-48-50-52-54-56-58-64(68)63(62-73-74(70,71)72-61-60-67(3,4)5)66-65(69)59-57-55-53-51-49-47-45-43-41-39-37-34-31-29-27-25-23-21-19-17-15-13-11-9-7-2/h25,27,40,42,48,50,56,58,63-64,68H,6-24,26,28-39,41,43-47,49,51-55,57,59-62H2,1-5H3,(H-,66,69,70,71)/b27-25-,42-40+,50-48+,58-56+. The van der Waals surface area contributed by atoms with Gasteiger partial charge < -0.3 is 28.8 Å². The van der Waals surface area contributed by atoms with Gasteiger partial charge in [0.2, 0.25) is 5.91 Å². The van der Waals surface area contributed by atoms with Crippen LogP contribution in [0.5, 0.6) is 0 Å². The van der Waals surface area contributed by atoms with Crippen LogP contribution in [0.1, 0.15) is 309 Å². The lowest BCUT2D eigenvalue weighted by molar-refractivity contribution is -0.870. The molecule has 0 heterocycles. The van der Waals surface area contributed by atoms with Gasteiger partial charge in [0.25, 0.3) is 7.82 Å². The first-order valence-corrected chi connectivity index (χ1v) is 33.5. The van der Waals surface area contributed by atoms with Crippen molar-refractivity contribution in [3.8, 4) is 0 Å². The summed E-state index contributed by atoms with van der Waals surface area (Å²) in [5.74, 6) is -0.208. The highest BCUT2D eigenvalue weighted by Crippen LogP contribution is 2.38. The molecule has 0 aromatic heterocycles. The molecule has 74 heavy (non-hydrogen) atoms. The van der Waals surface area contributed by atoms with Gasteiger partial charge in [-0.15, -0.1) is 0 Å². The van der Waals surface area contributed by atoms with Gasteiger partial charge in [-0.3, -0.25) is 9.36 Å². The van der Waals surface area contributed by atoms with E-state index < -0.39 is 26.6 Å². The minimum absolute atomic E-state index is 0.00885. The third-order valence-corrected chi connectivity index (χ3v) is 15.5. The summed E-state index contributed by atoms with van der Waals surface area (Å²) in [6.07, 6.45) is 75.0. The highest BCUT2D eigenvalue weighted by atomic mass is 31.2. The van der Waals surface area contributed by atoms with E-state index in [-0.39, 0.29) is 12.5 Å². The summed E-state index contributed by atoms with van der Waals surface area (Å²) in [6.45, 7) is 4.66. The Morgan fingerprint density at radius 3 is 1.09 bits per heavy atom. The number of carbonyl (C=O) groups is 1. The number of nitrogens with one attached hydrogen (secondary N) is 1. The van der Waals surface area contributed by atoms with Crippen molar-refractivity contribution in [3.05, 3.63) is 48.6 Å². The fourth-order valence-corrected chi connectivity index (χ4v) is 10.2. The largest absolute Gasteiger partial charge is 0.756 e. The molecule has 9 heteroatoms. The van der Waals surface area contributed by atoms with E-state index >= 15 is 0 Å². The van der Waals surface area contributed by atoms with Crippen LogP contribution in [0.2, 0.25) is 0 Å². The van der Waals surface area contributed by atoms with E-state index in [9.17, 15) is 19.4 Å². The average Bonchev–Trinajstić information content (AvgIpc) is 3.36. The summed E-state index contributed by atoms with van der Waals surface area (Å²) in [5, 5.41) is 13.9. The molecule has 0 aliphatic carbocycles. The zero-order chi connectivity index (χ0) is 54.2. The Hall–Kier alpha value is -1.54. The van der Waals surface area contributed by atoms with Crippen LogP contribution in [-0.4, -0.2) is 68.5 Å². The number of phosphoric acid groups is 1. The molecule has 8 nitrogen and oxygen atoms in total. The Kier molecular flexibility index (Phi) is 55.0. The Bertz CT molecular complexity index is 1340. The van der Waals surface area contributed by atoms with Crippen LogP contribution in [0, 0.1) is 0 Å². The van der Waals surface area contributed by atoms with Crippen LogP contribution in [-0.2, 0) is 18.4 Å². The number of phosphoric ester groups is 1. The molecule has 0 spiro atoms. The minimum atomic E-state index is -4.61. The van der Waals surface area contributed by atoms with Gasteiger partial charge >= 0.3 is 0 Å². The molecule has 0 aromatic carbocycles. The van der Waals surface area contributed by atoms with Gasteiger partial charge in [-0.05, 0) is 70.6 Å². The highest BCUT2D eigenvalue weighted by Gasteiger charge is 2.23. The van der Waals surface area contributed by atoms with E-state index in [0.29, 0.717) is 17.4 Å². The SMILES string of the molecule is CCCCCCCCCC/C=C\CCCCCCCCCCCCCCCC(=O)NC(COP(=O)([O-])OCC[N+](C)(C)C)C(O)/C=C/CC/C=C/CC/C=C/CCCCCCCCCCCCCCCCCCC. The Morgan fingerprint density at radius 1 is 0.459 bits per heavy atom. The van der Waals surface area contributed by atoms with Crippen molar-refractivity contribution in [2.45, 2.75) is 321 Å². The van der Waals surface area contributed by atoms with Crippen molar-refractivity contribution in [2.75, 3.05) is 40.9 Å². The summed E-state index contributed by atoms with van der Waals surface area (Å²) >= 11 is 0. The number of quaternary nitrogens is 1. The first-order chi connectivity index (χ1) is 36.0. The van der Waals surface area contributed by atoms with Crippen molar-refractivity contribution in [3.63, 3.8) is 0 Å². The average molecular weight is 1060 g/mol. The maximum absolute atomic E-state index is 13.0. The van der Waals surface area contributed by atoms with Gasteiger partial charge in [-0.2, -0.15) is 0 Å². The molecule has 3 atom stereocenters. The van der Waals surface area contributed by atoms with Gasteiger partial charge in [0, 0.05) is 6.42 Å². The van der Waals surface area contributed by atoms with Gasteiger partial charge in [0.1, 0.15) is 13.2 Å². The lowest BCUT2D eigenvalue weighted by Crippen LogP contribution is -2.45. The number of hydrogen-bond acceptors (Lipinski definition) is 6. The molecule has 436 valence electrons. The van der Waals surface area contributed by atoms with Crippen molar-refractivity contribution < 1.29 is 32.9 Å². The van der Waals surface area contributed by atoms with Crippen LogP contribution in [0.3, 0.4) is 0 Å². The molecule has 0 aromatic rings. The fourth-order valence-electron chi connectivity index (χ4n) is 9.48. The van der Waals surface area contributed by atoms with E-state index in [0.717, 1.165) is 44.9 Å². The first kappa shape index (κ1) is 72.5. The van der Waals surface area contributed by atoms with Crippen LogP contribution < -0.4 is 10.2 Å². The van der Waals surface area contributed by atoms with Crippen molar-refractivity contribution >= 4 is 13.7 Å². The molecule has 0 aliphatic rings. The predicted octanol–water partition coefficient (Wildman–Crippen LogP) is 19.2. The smallest absolute Gasteiger partial charge is 0.268 e. The number of allylic oxidation sites excluding steroid dienone is 7. The summed E-state index contributed by atoms with van der Waals surface area (Å²) < 4.78 is 23.4. The number of unbranched alkanes of at least 4 members (excludes halogenated alkanes) is 40. The van der Waals surface area contributed by atoms with Gasteiger partial charge in [-0.25, -0.2) is 0 Å². The van der Waals surface area contributed by atoms with Gasteiger partial charge in [-0.1, -0.05) is 281 Å². The van der Waals surface area contributed by atoms with Crippen molar-refractivity contribution in [2.24, 2.45) is 0 Å². The summed E-state index contributed by atoms with van der Waals surface area (Å²) in [7, 11) is 1.24. The molecule has 0 radical (unpaired) electrons. The number of likely N-dealkylation sites (N-methyl/N-ethyl adjacent to an activating group) is 1. The van der Waals surface area contributed by atoms with E-state index in [1.807, 2.05) is 27.2 Å². The molecular weight excluding hydrogens is 936 g/mol. The van der Waals surface area contributed by atoms with E-state index in [4.69, 9.17) is 9.05 Å². The lowest BCUT2D eigenvalue weighted by Gasteiger charge is -2.29. The minimum Gasteiger partial charge on any atom is -0.756 e. The number of hydrogen-bond donors (Lipinski definition) is 2. The van der Waals surface area contributed by atoms with E-state index in [1.54, 1.807) is 6.08 Å². The second-order valence-electron chi connectivity index (χ2n) is 23.1. The quantitative estimate of drug-likeness (QED) is 0.0272. The fraction of sp³-hybridized carbons (Fsp3) is 0.862.